The normalized spacial score (nSPS) is 17.0. The fourth-order valence-corrected chi connectivity index (χ4v) is 4.08. The summed E-state index contributed by atoms with van der Waals surface area (Å²) in [5.41, 5.74) is 1.76. The molecule has 1 aromatic carbocycles. The summed E-state index contributed by atoms with van der Waals surface area (Å²) in [6.45, 7) is 5.69. The summed E-state index contributed by atoms with van der Waals surface area (Å²) in [7, 11) is 0. The third kappa shape index (κ3) is 3.63. The van der Waals surface area contributed by atoms with Crippen molar-refractivity contribution < 1.29 is 4.39 Å². The molecule has 6 heteroatoms. The molecule has 1 aliphatic rings. The summed E-state index contributed by atoms with van der Waals surface area (Å²) in [4.78, 5) is 3.58. The number of nitrogens with zero attached hydrogens (tertiary/aromatic N) is 1. The van der Waals surface area contributed by atoms with Gasteiger partial charge in [0.15, 0.2) is 0 Å². The third-order valence-corrected chi connectivity index (χ3v) is 5.27. The molecule has 1 saturated heterocycles. The molecule has 22 heavy (non-hydrogen) atoms. The maximum Gasteiger partial charge on any atom is 0.126 e. The summed E-state index contributed by atoms with van der Waals surface area (Å²) < 4.78 is 14.8. The summed E-state index contributed by atoms with van der Waals surface area (Å²) in [6.07, 6.45) is 0. The van der Waals surface area contributed by atoms with Gasteiger partial charge in [-0.3, -0.25) is 4.90 Å². The van der Waals surface area contributed by atoms with Crippen LogP contribution in [0.5, 0.6) is 0 Å². The lowest BCUT2D eigenvalue weighted by molar-refractivity contribution is 0.200. The van der Waals surface area contributed by atoms with E-state index in [0.717, 1.165) is 41.6 Å². The Labute approximate surface area is 145 Å². The number of nitrogens with one attached hydrogen (secondary N) is 1. The van der Waals surface area contributed by atoms with Crippen molar-refractivity contribution in [1.82, 2.24) is 10.2 Å². The van der Waals surface area contributed by atoms with Crippen molar-refractivity contribution in [1.29, 1.82) is 0 Å². The van der Waals surface area contributed by atoms with Gasteiger partial charge in [-0.2, -0.15) is 0 Å². The molecule has 1 aromatic heterocycles. The van der Waals surface area contributed by atoms with Crippen molar-refractivity contribution in [3.63, 3.8) is 0 Å². The molecule has 0 aliphatic carbocycles. The van der Waals surface area contributed by atoms with E-state index < -0.39 is 0 Å². The van der Waals surface area contributed by atoms with Gasteiger partial charge in [-0.15, -0.1) is 23.7 Å². The van der Waals surface area contributed by atoms with Crippen LogP contribution in [0.2, 0.25) is 4.34 Å². The van der Waals surface area contributed by atoms with Crippen molar-refractivity contribution in [3.8, 4) is 0 Å². The molecule has 0 amide bonds. The lowest BCUT2D eigenvalue weighted by Crippen LogP contribution is -2.45. The zero-order valence-electron chi connectivity index (χ0n) is 12.3. The highest BCUT2D eigenvalue weighted by molar-refractivity contribution is 7.16. The second-order valence-corrected chi connectivity index (χ2v) is 7.03. The Balaban J connectivity index is 0.00000176. The smallest absolute Gasteiger partial charge is 0.126 e. The van der Waals surface area contributed by atoms with Gasteiger partial charge in [0, 0.05) is 31.1 Å². The van der Waals surface area contributed by atoms with Crippen LogP contribution in [0, 0.1) is 12.7 Å². The van der Waals surface area contributed by atoms with E-state index in [0.29, 0.717) is 0 Å². The van der Waals surface area contributed by atoms with Gasteiger partial charge < -0.3 is 5.32 Å². The first-order valence-electron chi connectivity index (χ1n) is 7.12. The first kappa shape index (κ1) is 17.7. The molecule has 1 fully saturated rings. The predicted octanol–water partition coefficient (Wildman–Crippen LogP) is 4.27. The van der Waals surface area contributed by atoms with E-state index in [4.69, 9.17) is 11.6 Å². The van der Waals surface area contributed by atoms with Gasteiger partial charge in [-0.1, -0.05) is 23.7 Å². The summed E-state index contributed by atoms with van der Waals surface area (Å²) in [5.74, 6) is -0.143. The van der Waals surface area contributed by atoms with E-state index in [2.05, 4.69) is 16.3 Å². The molecule has 0 bridgehead atoms. The van der Waals surface area contributed by atoms with E-state index >= 15 is 0 Å². The van der Waals surface area contributed by atoms with Gasteiger partial charge in [-0.05, 0) is 36.2 Å². The van der Waals surface area contributed by atoms with Crippen LogP contribution in [0.1, 0.15) is 22.0 Å². The van der Waals surface area contributed by atoms with Crippen LogP contribution in [-0.4, -0.2) is 31.1 Å². The Morgan fingerprint density at radius 3 is 2.59 bits per heavy atom. The van der Waals surface area contributed by atoms with Gasteiger partial charge >= 0.3 is 0 Å². The zero-order valence-corrected chi connectivity index (χ0v) is 14.7. The third-order valence-electron chi connectivity index (χ3n) is 3.98. The zero-order chi connectivity index (χ0) is 14.8. The van der Waals surface area contributed by atoms with Gasteiger partial charge in [0.25, 0.3) is 0 Å². The van der Waals surface area contributed by atoms with E-state index in [1.165, 1.54) is 10.9 Å². The number of hydrogen-bond acceptors (Lipinski definition) is 3. The quantitative estimate of drug-likeness (QED) is 0.879. The number of piperazine rings is 1. The average molecular weight is 361 g/mol. The largest absolute Gasteiger partial charge is 0.314 e. The lowest BCUT2D eigenvalue weighted by Gasteiger charge is -2.35. The first-order valence-corrected chi connectivity index (χ1v) is 8.31. The van der Waals surface area contributed by atoms with Gasteiger partial charge in [0.1, 0.15) is 5.82 Å². The lowest BCUT2D eigenvalue weighted by atomic mass is 9.97. The predicted molar refractivity (Wildman–Crippen MR) is 94.0 cm³/mol. The molecule has 1 N–H and O–H groups in total. The molecular formula is C16H19Cl2FN2S. The van der Waals surface area contributed by atoms with Gasteiger partial charge in [0.2, 0.25) is 0 Å². The number of halogens is 3. The first-order chi connectivity index (χ1) is 10.2. The molecule has 2 nitrogen and oxygen atoms in total. The van der Waals surface area contributed by atoms with Crippen molar-refractivity contribution >= 4 is 35.3 Å². The molecule has 0 radical (unpaired) electrons. The summed E-state index contributed by atoms with van der Waals surface area (Å²) in [5, 5.41) is 3.37. The van der Waals surface area contributed by atoms with E-state index in [1.807, 2.05) is 19.1 Å². The van der Waals surface area contributed by atoms with E-state index in [-0.39, 0.29) is 24.3 Å². The standard InChI is InChI=1S/C16H18ClFN2S.ClH/c1-11-12(3-2-4-13(11)18)16(14-5-6-15(17)21-14)20-9-7-19-8-10-20;/h2-6,16,19H,7-10H2,1H3;1H/t16-;/m1./s1. The molecule has 3 rings (SSSR count). The topological polar surface area (TPSA) is 15.3 Å². The van der Waals surface area contributed by atoms with Crippen molar-refractivity contribution in [2.24, 2.45) is 0 Å². The highest BCUT2D eigenvalue weighted by atomic mass is 35.5. The monoisotopic (exact) mass is 360 g/mol. The van der Waals surface area contributed by atoms with Crippen LogP contribution < -0.4 is 5.32 Å². The highest BCUT2D eigenvalue weighted by Gasteiger charge is 2.27. The molecule has 2 aromatic rings. The van der Waals surface area contributed by atoms with Gasteiger partial charge in [-0.25, -0.2) is 4.39 Å². The fourth-order valence-electron chi connectivity index (χ4n) is 2.87. The maximum atomic E-state index is 14.0. The molecular weight excluding hydrogens is 342 g/mol. The molecule has 2 heterocycles. The van der Waals surface area contributed by atoms with E-state index in [9.17, 15) is 4.39 Å². The van der Waals surface area contributed by atoms with Crippen molar-refractivity contribution in [2.75, 3.05) is 26.2 Å². The van der Waals surface area contributed by atoms with Crippen LogP contribution >= 0.6 is 35.3 Å². The fraction of sp³-hybridized carbons (Fsp3) is 0.375. The SMILES string of the molecule is Cc1c(F)cccc1[C@H](c1ccc(Cl)s1)N1CCNCC1.Cl. The number of benzene rings is 1. The summed E-state index contributed by atoms with van der Waals surface area (Å²) in [6, 6.07) is 9.41. The van der Waals surface area contributed by atoms with Crippen molar-refractivity contribution in [2.45, 2.75) is 13.0 Å². The summed E-state index contributed by atoms with van der Waals surface area (Å²) >= 11 is 7.70. The second kappa shape index (κ2) is 7.75. The van der Waals surface area contributed by atoms with E-state index in [1.54, 1.807) is 17.4 Å². The molecule has 1 aliphatic heterocycles. The minimum absolute atomic E-state index is 0. The van der Waals surface area contributed by atoms with Gasteiger partial charge in [0.05, 0.1) is 10.4 Å². The Morgan fingerprint density at radius 1 is 1.23 bits per heavy atom. The average Bonchev–Trinajstić information content (AvgIpc) is 2.91. The maximum absolute atomic E-state index is 14.0. The van der Waals surface area contributed by atoms with Crippen LogP contribution in [0.25, 0.3) is 0 Å². The molecule has 1 atom stereocenters. The minimum Gasteiger partial charge on any atom is -0.314 e. The Bertz CT molecular complexity index is 626. The number of thiophene rings is 1. The number of rotatable bonds is 3. The van der Waals surface area contributed by atoms with Crippen molar-refractivity contribution in [3.05, 3.63) is 56.5 Å². The Kier molecular flexibility index (Phi) is 6.24. The second-order valence-electron chi connectivity index (χ2n) is 5.28. The highest BCUT2D eigenvalue weighted by Crippen LogP contribution is 2.37. The van der Waals surface area contributed by atoms with Crippen LogP contribution in [0.15, 0.2) is 30.3 Å². The number of hydrogen-bond donors (Lipinski definition) is 1. The van der Waals surface area contributed by atoms with Crippen LogP contribution in [0.4, 0.5) is 4.39 Å². The molecule has 120 valence electrons. The Hall–Kier alpha value is -0.650. The van der Waals surface area contributed by atoms with Crippen LogP contribution in [0.3, 0.4) is 0 Å². The molecule has 0 unspecified atom stereocenters. The Morgan fingerprint density at radius 2 is 1.95 bits per heavy atom. The minimum atomic E-state index is -0.143. The van der Waals surface area contributed by atoms with Crippen LogP contribution in [-0.2, 0) is 0 Å². The molecule has 0 saturated carbocycles. The molecule has 0 spiro atoms.